The van der Waals surface area contributed by atoms with E-state index in [4.69, 9.17) is 10.5 Å². The van der Waals surface area contributed by atoms with Gasteiger partial charge in [-0.15, -0.1) is 0 Å². The lowest BCUT2D eigenvalue weighted by molar-refractivity contribution is 0.0746. The fourth-order valence-electron chi connectivity index (χ4n) is 1.92. The van der Waals surface area contributed by atoms with Crippen LogP contribution in [0.15, 0.2) is 30.5 Å². The van der Waals surface area contributed by atoms with Gasteiger partial charge in [0.05, 0.1) is 12.2 Å². The van der Waals surface area contributed by atoms with Crippen molar-refractivity contribution < 1.29 is 9.53 Å². The molecule has 0 fully saturated rings. The van der Waals surface area contributed by atoms with E-state index >= 15 is 0 Å². The molecule has 0 spiro atoms. The van der Waals surface area contributed by atoms with Crippen LogP contribution in [-0.4, -0.2) is 43.1 Å². The summed E-state index contributed by atoms with van der Waals surface area (Å²) in [6.45, 7) is 1.04. The van der Waals surface area contributed by atoms with E-state index in [1.54, 1.807) is 19.1 Å². The van der Waals surface area contributed by atoms with Gasteiger partial charge in [0.25, 0.3) is 5.91 Å². The predicted octanol–water partition coefficient (Wildman–Crippen LogP) is 1.54. The van der Waals surface area contributed by atoms with Crippen LogP contribution in [0.5, 0.6) is 0 Å². The van der Waals surface area contributed by atoms with Crippen LogP contribution in [0.2, 0.25) is 0 Å². The Balaban J connectivity index is 2.40. The standard InChI is InChI=1S/C14H17N3O2/c1-17(7-8-19-2)14(18)12-9-16-13(15)11-6-4-3-5-10(11)12/h3-6,9H,7-8H2,1-2H3,(H2,15,16). The number of hydrogen-bond donors (Lipinski definition) is 1. The fraction of sp³-hybridized carbons (Fsp3) is 0.286. The number of nitrogens with zero attached hydrogens (tertiary/aromatic N) is 2. The van der Waals surface area contributed by atoms with Gasteiger partial charge in [-0.1, -0.05) is 24.3 Å². The fourth-order valence-corrected chi connectivity index (χ4v) is 1.92. The smallest absolute Gasteiger partial charge is 0.255 e. The number of amides is 1. The Kier molecular flexibility index (Phi) is 3.97. The molecule has 2 rings (SSSR count). The third-order valence-corrected chi connectivity index (χ3v) is 3.03. The van der Waals surface area contributed by atoms with Crippen molar-refractivity contribution in [2.45, 2.75) is 0 Å². The van der Waals surface area contributed by atoms with E-state index in [0.29, 0.717) is 24.5 Å². The van der Waals surface area contributed by atoms with Crippen LogP contribution in [-0.2, 0) is 4.74 Å². The second-order valence-electron chi connectivity index (χ2n) is 4.32. The van der Waals surface area contributed by atoms with Crippen LogP contribution < -0.4 is 5.73 Å². The number of hydrogen-bond acceptors (Lipinski definition) is 4. The van der Waals surface area contributed by atoms with Crippen LogP contribution in [0.25, 0.3) is 10.8 Å². The van der Waals surface area contributed by atoms with Crippen molar-refractivity contribution in [2.75, 3.05) is 33.0 Å². The van der Waals surface area contributed by atoms with E-state index in [1.165, 1.54) is 6.20 Å². The summed E-state index contributed by atoms with van der Waals surface area (Å²) in [5, 5.41) is 1.62. The average molecular weight is 259 g/mol. The summed E-state index contributed by atoms with van der Waals surface area (Å²) < 4.78 is 4.98. The maximum absolute atomic E-state index is 12.4. The molecule has 0 atom stereocenters. The van der Waals surface area contributed by atoms with E-state index in [9.17, 15) is 4.79 Å². The highest BCUT2D eigenvalue weighted by molar-refractivity contribution is 6.08. The van der Waals surface area contributed by atoms with E-state index in [-0.39, 0.29) is 5.91 Å². The molecule has 0 saturated carbocycles. The Morgan fingerprint density at radius 2 is 2.05 bits per heavy atom. The number of anilines is 1. The molecule has 0 saturated heterocycles. The molecule has 0 radical (unpaired) electrons. The molecule has 0 aliphatic rings. The van der Waals surface area contributed by atoms with Crippen molar-refractivity contribution >= 4 is 22.5 Å². The van der Waals surface area contributed by atoms with E-state index < -0.39 is 0 Å². The Morgan fingerprint density at radius 1 is 1.37 bits per heavy atom. The lowest BCUT2D eigenvalue weighted by Crippen LogP contribution is -2.30. The third-order valence-electron chi connectivity index (χ3n) is 3.03. The van der Waals surface area contributed by atoms with Crippen LogP contribution in [0.3, 0.4) is 0 Å². The summed E-state index contributed by atoms with van der Waals surface area (Å²) in [6.07, 6.45) is 1.53. The van der Waals surface area contributed by atoms with Crippen molar-refractivity contribution in [1.29, 1.82) is 0 Å². The monoisotopic (exact) mass is 259 g/mol. The molecule has 0 aliphatic carbocycles. The molecule has 1 heterocycles. The minimum Gasteiger partial charge on any atom is -0.383 e. The maximum Gasteiger partial charge on any atom is 0.255 e. The molecular formula is C14H17N3O2. The van der Waals surface area contributed by atoms with Crippen LogP contribution >= 0.6 is 0 Å². The highest BCUT2D eigenvalue weighted by Gasteiger charge is 2.15. The number of methoxy groups -OCH3 is 1. The number of carbonyl (C=O) groups excluding carboxylic acids is 1. The molecule has 0 bridgehead atoms. The van der Waals surface area contributed by atoms with E-state index in [0.717, 1.165) is 10.8 Å². The molecular weight excluding hydrogens is 242 g/mol. The van der Waals surface area contributed by atoms with E-state index in [2.05, 4.69) is 4.98 Å². The van der Waals surface area contributed by atoms with Crippen molar-refractivity contribution in [2.24, 2.45) is 0 Å². The van der Waals surface area contributed by atoms with Gasteiger partial charge in [-0.3, -0.25) is 4.79 Å². The van der Waals surface area contributed by atoms with Crippen LogP contribution in [0, 0.1) is 0 Å². The zero-order valence-corrected chi connectivity index (χ0v) is 11.1. The molecule has 1 aromatic heterocycles. The van der Waals surface area contributed by atoms with Gasteiger partial charge in [0.15, 0.2) is 0 Å². The van der Waals surface area contributed by atoms with Gasteiger partial charge in [0.2, 0.25) is 0 Å². The number of fused-ring (bicyclic) bond motifs is 1. The van der Waals surface area contributed by atoms with Gasteiger partial charge >= 0.3 is 0 Å². The molecule has 100 valence electrons. The summed E-state index contributed by atoms with van der Waals surface area (Å²) >= 11 is 0. The second-order valence-corrected chi connectivity index (χ2v) is 4.32. The molecule has 5 nitrogen and oxygen atoms in total. The van der Waals surface area contributed by atoms with Gasteiger partial charge in [-0.05, 0) is 5.39 Å². The molecule has 1 amide bonds. The first-order valence-electron chi connectivity index (χ1n) is 6.02. The first-order valence-corrected chi connectivity index (χ1v) is 6.02. The highest BCUT2D eigenvalue weighted by atomic mass is 16.5. The lowest BCUT2D eigenvalue weighted by atomic mass is 10.1. The molecule has 2 N–H and O–H groups in total. The number of likely N-dealkylation sites (N-methyl/N-ethyl adjacent to an activating group) is 1. The van der Waals surface area contributed by atoms with Crippen molar-refractivity contribution in [1.82, 2.24) is 9.88 Å². The Hall–Kier alpha value is -2.14. The van der Waals surface area contributed by atoms with Crippen LogP contribution in [0.4, 0.5) is 5.82 Å². The highest BCUT2D eigenvalue weighted by Crippen LogP contribution is 2.23. The Labute approximate surface area is 112 Å². The number of pyridine rings is 1. The van der Waals surface area contributed by atoms with Crippen molar-refractivity contribution in [3.63, 3.8) is 0 Å². The first-order chi connectivity index (χ1) is 9.15. The summed E-state index contributed by atoms with van der Waals surface area (Å²) in [6, 6.07) is 7.51. The van der Waals surface area contributed by atoms with Gasteiger partial charge in [-0.2, -0.15) is 0 Å². The number of rotatable bonds is 4. The maximum atomic E-state index is 12.4. The summed E-state index contributed by atoms with van der Waals surface area (Å²) in [5.74, 6) is 0.354. The number of nitrogens with two attached hydrogens (primary N) is 1. The zero-order chi connectivity index (χ0) is 13.8. The quantitative estimate of drug-likeness (QED) is 0.904. The third kappa shape index (κ3) is 2.66. The molecule has 1 aromatic carbocycles. The predicted molar refractivity (Wildman–Crippen MR) is 75.0 cm³/mol. The molecule has 0 unspecified atom stereocenters. The average Bonchev–Trinajstić information content (AvgIpc) is 2.45. The largest absolute Gasteiger partial charge is 0.383 e. The number of carbonyl (C=O) groups is 1. The summed E-state index contributed by atoms with van der Waals surface area (Å²) in [5.41, 5.74) is 6.38. The number of ether oxygens (including phenoxy) is 1. The number of benzene rings is 1. The number of aromatic nitrogens is 1. The minimum absolute atomic E-state index is 0.0826. The molecule has 5 heteroatoms. The summed E-state index contributed by atoms with van der Waals surface area (Å²) in [4.78, 5) is 18.1. The SMILES string of the molecule is COCCN(C)C(=O)c1cnc(N)c2ccccc12. The topological polar surface area (TPSA) is 68.5 Å². The normalized spacial score (nSPS) is 10.6. The molecule has 0 aliphatic heterocycles. The number of nitrogen functional groups attached to an aromatic ring is 1. The lowest BCUT2D eigenvalue weighted by Gasteiger charge is -2.17. The minimum atomic E-state index is -0.0826. The summed E-state index contributed by atoms with van der Waals surface area (Å²) in [7, 11) is 3.35. The van der Waals surface area contributed by atoms with E-state index in [1.807, 2.05) is 24.3 Å². The molecule has 19 heavy (non-hydrogen) atoms. The van der Waals surface area contributed by atoms with Crippen molar-refractivity contribution in [3.05, 3.63) is 36.0 Å². The van der Waals surface area contributed by atoms with Crippen molar-refractivity contribution in [3.8, 4) is 0 Å². The second kappa shape index (κ2) is 5.67. The zero-order valence-electron chi connectivity index (χ0n) is 11.1. The first kappa shape index (κ1) is 13.3. The van der Waals surface area contributed by atoms with Gasteiger partial charge in [0.1, 0.15) is 5.82 Å². The van der Waals surface area contributed by atoms with Gasteiger partial charge in [0, 0.05) is 32.3 Å². The van der Waals surface area contributed by atoms with Gasteiger partial charge in [-0.25, -0.2) is 4.98 Å². The van der Waals surface area contributed by atoms with Gasteiger partial charge < -0.3 is 15.4 Å². The Morgan fingerprint density at radius 3 is 2.74 bits per heavy atom. The van der Waals surface area contributed by atoms with Crippen LogP contribution in [0.1, 0.15) is 10.4 Å². The Bertz CT molecular complexity index is 598. The molecule has 2 aromatic rings.